The van der Waals surface area contributed by atoms with E-state index in [-0.39, 0.29) is 22.9 Å². The molecule has 0 fully saturated rings. The SMILES string of the molecule is CN(CCCl)C(=O)Cc1c(F)cccc1Cl. The first-order chi connectivity index (χ1) is 7.56. The van der Waals surface area contributed by atoms with Crippen LogP contribution in [0.25, 0.3) is 0 Å². The van der Waals surface area contributed by atoms with Crippen molar-refractivity contribution in [1.82, 2.24) is 4.90 Å². The predicted octanol–water partition coefficient (Wildman–Crippen LogP) is 2.72. The quantitative estimate of drug-likeness (QED) is 0.766. The molecule has 0 aliphatic rings. The van der Waals surface area contributed by atoms with E-state index in [4.69, 9.17) is 23.2 Å². The molecule has 1 amide bonds. The largest absolute Gasteiger partial charge is 0.344 e. The van der Waals surface area contributed by atoms with Gasteiger partial charge in [0, 0.05) is 30.1 Å². The van der Waals surface area contributed by atoms with Gasteiger partial charge in [-0.3, -0.25) is 4.79 Å². The van der Waals surface area contributed by atoms with Gasteiger partial charge in [-0.25, -0.2) is 4.39 Å². The van der Waals surface area contributed by atoms with Gasteiger partial charge in [-0.1, -0.05) is 17.7 Å². The lowest BCUT2D eigenvalue weighted by atomic mass is 10.1. The molecule has 16 heavy (non-hydrogen) atoms. The van der Waals surface area contributed by atoms with Gasteiger partial charge in [0.2, 0.25) is 5.91 Å². The molecule has 0 spiro atoms. The van der Waals surface area contributed by atoms with E-state index in [1.807, 2.05) is 0 Å². The molecule has 88 valence electrons. The van der Waals surface area contributed by atoms with Gasteiger partial charge >= 0.3 is 0 Å². The molecule has 1 aromatic rings. The number of carbonyl (C=O) groups excluding carboxylic acids is 1. The van der Waals surface area contributed by atoms with E-state index in [2.05, 4.69) is 0 Å². The van der Waals surface area contributed by atoms with E-state index in [0.29, 0.717) is 12.4 Å². The number of halogens is 3. The summed E-state index contributed by atoms with van der Waals surface area (Å²) in [6.45, 7) is 0.437. The van der Waals surface area contributed by atoms with Gasteiger partial charge in [0.05, 0.1) is 6.42 Å². The molecule has 0 saturated heterocycles. The number of amides is 1. The van der Waals surface area contributed by atoms with E-state index in [9.17, 15) is 9.18 Å². The first kappa shape index (κ1) is 13.3. The molecule has 0 unspecified atom stereocenters. The number of likely N-dealkylation sites (N-methyl/N-ethyl adjacent to an activating group) is 1. The molecular formula is C11H12Cl2FNO. The van der Waals surface area contributed by atoms with Gasteiger partial charge < -0.3 is 4.90 Å². The predicted molar refractivity (Wildman–Crippen MR) is 63.5 cm³/mol. The second kappa shape index (κ2) is 6.06. The molecular weight excluding hydrogens is 252 g/mol. The molecule has 0 aromatic heterocycles. The fourth-order valence-corrected chi connectivity index (χ4v) is 1.72. The van der Waals surface area contributed by atoms with Crippen molar-refractivity contribution >= 4 is 29.1 Å². The third kappa shape index (κ3) is 3.35. The Morgan fingerprint density at radius 2 is 2.19 bits per heavy atom. The molecule has 0 aliphatic heterocycles. The van der Waals surface area contributed by atoms with Gasteiger partial charge in [-0.15, -0.1) is 11.6 Å². The van der Waals surface area contributed by atoms with E-state index in [1.165, 1.54) is 17.0 Å². The summed E-state index contributed by atoms with van der Waals surface area (Å²) in [7, 11) is 1.62. The number of rotatable bonds is 4. The Morgan fingerprint density at radius 1 is 1.50 bits per heavy atom. The Labute approximate surface area is 104 Å². The lowest BCUT2D eigenvalue weighted by molar-refractivity contribution is -0.128. The van der Waals surface area contributed by atoms with Crippen molar-refractivity contribution in [3.63, 3.8) is 0 Å². The zero-order valence-electron chi connectivity index (χ0n) is 8.84. The highest BCUT2D eigenvalue weighted by atomic mass is 35.5. The summed E-state index contributed by atoms with van der Waals surface area (Å²) in [5.74, 6) is -0.305. The smallest absolute Gasteiger partial charge is 0.226 e. The molecule has 2 nitrogen and oxygen atoms in total. The number of carbonyl (C=O) groups is 1. The summed E-state index contributed by atoms with van der Waals surface area (Å²) < 4.78 is 13.4. The Kier molecular flexibility index (Phi) is 5.03. The highest BCUT2D eigenvalue weighted by Gasteiger charge is 2.14. The topological polar surface area (TPSA) is 20.3 Å². The van der Waals surface area contributed by atoms with E-state index >= 15 is 0 Å². The summed E-state index contributed by atoms with van der Waals surface area (Å²) >= 11 is 11.3. The second-order valence-electron chi connectivity index (χ2n) is 3.38. The van der Waals surface area contributed by atoms with Crippen LogP contribution in [0.4, 0.5) is 4.39 Å². The van der Waals surface area contributed by atoms with Gasteiger partial charge in [0.1, 0.15) is 5.82 Å². The lowest BCUT2D eigenvalue weighted by Gasteiger charge is -2.16. The maximum atomic E-state index is 13.4. The maximum Gasteiger partial charge on any atom is 0.226 e. The summed E-state index contributed by atoms with van der Waals surface area (Å²) in [4.78, 5) is 13.1. The van der Waals surface area contributed by atoms with Crippen molar-refractivity contribution in [2.45, 2.75) is 6.42 Å². The van der Waals surface area contributed by atoms with E-state index < -0.39 is 5.82 Å². The molecule has 5 heteroatoms. The van der Waals surface area contributed by atoms with Crippen molar-refractivity contribution in [2.24, 2.45) is 0 Å². The molecule has 0 bridgehead atoms. The van der Waals surface area contributed by atoms with Gasteiger partial charge in [0.25, 0.3) is 0 Å². The molecule has 1 rings (SSSR count). The number of hydrogen-bond acceptors (Lipinski definition) is 1. The van der Waals surface area contributed by atoms with Crippen LogP contribution < -0.4 is 0 Å². The molecule has 0 N–H and O–H groups in total. The average Bonchev–Trinajstić information content (AvgIpc) is 2.23. The van der Waals surface area contributed by atoms with Crippen LogP contribution in [0.2, 0.25) is 5.02 Å². The van der Waals surface area contributed by atoms with Crippen LogP contribution in [-0.4, -0.2) is 30.3 Å². The van der Waals surface area contributed by atoms with Crippen LogP contribution in [0.3, 0.4) is 0 Å². The number of nitrogens with zero attached hydrogens (tertiary/aromatic N) is 1. The molecule has 0 saturated carbocycles. The second-order valence-corrected chi connectivity index (χ2v) is 4.17. The minimum absolute atomic E-state index is 0.0428. The Hall–Kier alpha value is -0.800. The van der Waals surface area contributed by atoms with Crippen molar-refractivity contribution in [2.75, 3.05) is 19.5 Å². The van der Waals surface area contributed by atoms with Gasteiger partial charge in [0.15, 0.2) is 0 Å². The van der Waals surface area contributed by atoms with Crippen molar-refractivity contribution in [3.05, 3.63) is 34.6 Å². The maximum absolute atomic E-state index is 13.4. The van der Waals surface area contributed by atoms with Gasteiger partial charge in [-0.05, 0) is 12.1 Å². The van der Waals surface area contributed by atoms with Crippen molar-refractivity contribution in [1.29, 1.82) is 0 Å². The highest BCUT2D eigenvalue weighted by Crippen LogP contribution is 2.19. The number of alkyl halides is 1. The zero-order valence-corrected chi connectivity index (χ0v) is 10.4. The van der Waals surface area contributed by atoms with Crippen LogP contribution in [0.1, 0.15) is 5.56 Å². The summed E-state index contributed by atoms with van der Waals surface area (Å²) in [6.07, 6.45) is -0.0428. The highest BCUT2D eigenvalue weighted by molar-refractivity contribution is 6.31. The van der Waals surface area contributed by atoms with Crippen LogP contribution >= 0.6 is 23.2 Å². The minimum Gasteiger partial charge on any atom is -0.344 e. The van der Waals surface area contributed by atoms with E-state index in [0.717, 1.165) is 0 Å². The Bertz CT molecular complexity index is 364. The van der Waals surface area contributed by atoms with Crippen LogP contribution in [0, 0.1) is 5.82 Å². The molecule has 0 heterocycles. The molecule has 1 aromatic carbocycles. The van der Waals surface area contributed by atoms with Crippen LogP contribution in [0.5, 0.6) is 0 Å². The number of benzene rings is 1. The number of hydrogen-bond donors (Lipinski definition) is 0. The van der Waals surface area contributed by atoms with Crippen LogP contribution in [-0.2, 0) is 11.2 Å². The van der Waals surface area contributed by atoms with E-state index in [1.54, 1.807) is 13.1 Å². The molecule has 0 atom stereocenters. The van der Waals surface area contributed by atoms with Crippen LogP contribution in [0.15, 0.2) is 18.2 Å². The first-order valence-electron chi connectivity index (χ1n) is 4.79. The third-order valence-electron chi connectivity index (χ3n) is 2.24. The lowest BCUT2D eigenvalue weighted by Crippen LogP contribution is -2.30. The normalized spacial score (nSPS) is 10.2. The van der Waals surface area contributed by atoms with Crippen molar-refractivity contribution < 1.29 is 9.18 Å². The summed E-state index contributed by atoms with van der Waals surface area (Å²) in [6, 6.07) is 4.36. The average molecular weight is 264 g/mol. The zero-order chi connectivity index (χ0) is 12.1. The standard InChI is InChI=1S/C11H12Cl2FNO/c1-15(6-5-12)11(16)7-8-9(13)3-2-4-10(8)14/h2-4H,5-7H2,1H3. The van der Waals surface area contributed by atoms with Gasteiger partial charge in [-0.2, -0.15) is 0 Å². The third-order valence-corrected chi connectivity index (χ3v) is 2.76. The minimum atomic E-state index is -0.458. The Morgan fingerprint density at radius 3 is 2.75 bits per heavy atom. The fraction of sp³-hybridized carbons (Fsp3) is 0.364. The summed E-state index contributed by atoms with van der Waals surface area (Å²) in [5, 5.41) is 0.271. The Balaban J connectivity index is 2.77. The molecule has 0 aliphatic carbocycles. The fourth-order valence-electron chi connectivity index (χ4n) is 1.24. The monoisotopic (exact) mass is 263 g/mol. The van der Waals surface area contributed by atoms with Crippen molar-refractivity contribution in [3.8, 4) is 0 Å². The summed E-state index contributed by atoms with van der Waals surface area (Å²) in [5.41, 5.74) is 0.232. The molecule has 0 radical (unpaired) electrons. The first-order valence-corrected chi connectivity index (χ1v) is 5.70.